The van der Waals surface area contributed by atoms with Crippen molar-refractivity contribution in [3.05, 3.63) is 90.1 Å². The third-order valence-corrected chi connectivity index (χ3v) is 2.99. The van der Waals surface area contributed by atoms with Crippen LogP contribution in [0.15, 0.2) is 78.9 Å². The van der Waals surface area contributed by atoms with Gasteiger partial charge in [-0.3, -0.25) is 0 Å². The van der Waals surface area contributed by atoms with Crippen LogP contribution in [0.25, 0.3) is 5.57 Å². The SMILES string of the molecule is C/C=C\C(C)=C/C.C=C/C=C\C(=C/C)c1ccc(C)cc1.CC. The van der Waals surface area contributed by atoms with Crippen LogP contribution >= 0.6 is 0 Å². The van der Waals surface area contributed by atoms with E-state index in [1.54, 1.807) is 6.08 Å². The lowest BCUT2D eigenvalue weighted by Crippen LogP contribution is -1.80. The van der Waals surface area contributed by atoms with Crippen molar-refractivity contribution in [1.82, 2.24) is 0 Å². The van der Waals surface area contributed by atoms with E-state index in [-0.39, 0.29) is 0 Å². The second kappa shape index (κ2) is 16.3. The van der Waals surface area contributed by atoms with E-state index in [4.69, 9.17) is 0 Å². The number of hydrogen-bond donors (Lipinski definition) is 0. The lowest BCUT2D eigenvalue weighted by atomic mass is 10.0. The summed E-state index contributed by atoms with van der Waals surface area (Å²) in [5, 5.41) is 0. The van der Waals surface area contributed by atoms with E-state index in [2.05, 4.69) is 69.0 Å². The van der Waals surface area contributed by atoms with Crippen molar-refractivity contribution in [2.75, 3.05) is 0 Å². The monoisotopic (exact) mass is 310 g/mol. The fourth-order valence-electron chi connectivity index (χ4n) is 1.64. The zero-order chi connectivity index (χ0) is 18.1. The van der Waals surface area contributed by atoms with Gasteiger partial charge in [0.2, 0.25) is 0 Å². The van der Waals surface area contributed by atoms with Gasteiger partial charge in [-0.15, -0.1) is 0 Å². The molecule has 0 fully saturated rings. The Kier molecular flexibility index (Phi) is 16.4. The summed E-state index contributed by atoms with van der Waals surface area (Å²) in [6.45, 7) is 17.9. The van der Waals surface area contributed by atoms with Gasteiger partial charge in [0.1, 0.15) is 0 Å². The van der Waals surface area contributed by atoms with Gasteiger partial charge in [0.15, 0.2) is 0 Å². The van der Waals surface area contributed by atoms with Crippen LogP contribution in [0, 0.1) is 6.92 Å². The van der Waals surface area contributed by atoms with E-state index in [9.17, 15) is 0 Å². The Morgan fingerprint density at radius 1 is 0.913 bits per heavy atom. The van der Waals surface area contributed by atoms with Crippen LogP contribution in [-0.2, 0) is 0 Å². The lowest BCUT2D eigenvalue weighted by Gasteiger charge is -2.01. The van der Waals surface area contributed by atoms with Gasteiger partial charge >= 0.3 is 0 Å². The summed E-state index contributed by atoms with van der Waals surface area (Å²) in [5.41, 5.74) is 5.08. The maximum Gasteiger partial charge on any atom is -0.0187 e. The molecule has 0 unspecified atom stereocenters. The van der Waals surface area contributed by atoms with Crippen LogP contribution in [0.1, 0.15) is 52.7 Å². The van der Waals surface area contributed by atoms with E-state index in [0.717, 1.165) is 0 Å². The van der Waals surface area contributed by atoms with Crippen molar-refractivity contribution in [1.29, 1.82) is 0 Å². The van der Waals surface area contributed by atoms with Gasteiger partial charge in [0.25, 0.3) is 0 Å². The minimum absolute atomic E-state index is 1.23. The number of rotatable bonds is 4. The normalized spacial score (nSPS) is 11.6. The molecule has 126 valence electrons. The zero-order valence-electron chi connectivity index (χ0n) is 16.1. The topological polar surface area (TPSA) is 0 Å². The Balaban J connectivity index is 0. The summed E-state index contributed by atoms with van der Waals surface area (Å²) in [7, 11) is 0. The molecule has 1 aromatic rings. The number of benzene rings is 1. The molecule has 0 atom stereocenters. The van der Waals surface area contributed by atoms with Crippen molar-refractivity contribution < 1.29 is 0 Å². The van der Waals surface area contributed by atoms with Crippen LogP contribution in [0.4, 0.5) is 0 Å². The lowest BCUT2D eigenvalue weighted by molar-refractivity contribution is 1.45. The molecule has 0 nitrogen and oxygen atoms in total. The molecule has 0 saturated heterocycles. The summed E-state index contributed by atoms with van der Waals surface area (Å²) < 4.78 is 0. The van der Waals surface area contributed by atoms with E-state index >= 15 is 0 Å². The molecule has 23 heavy (non-hydrogen) atoms. The first-order valence-electron chi connectivity index (χ1n) is 8.37. The Hall–Kier alpha value is -2.08. The van der Waals surface area contributed by atoms with E-state index in [1.165, 1.54) is 22.3 Å². The van der Waals surface area contributed by atoms with Gasteiger partial charge in [-0.05, 0) is 45.8 Å². The largest absolute Gasteiger partial charge is 0.0991 e. The second-order valence-corrected chi connectivity index (χ2v) is 4.74. The fraction of sp³-hybridized carbons (Fsp3) is 0.304. The van der Waals surface area contributed by atoms with Crippen molar-refractivity contribution in [2.24, 2.45) is 0 Å². The Morgan fingerprint density at radius 3 is 1.83 bits per heavy atom. The third-order valence-electron chi connectivity index (χ3n) is 2.99. The van der Waals surface area contributed by atoms with Gasteiger partial charge in [-0.2, -0.15) is 0 Å². The highest BCUT2D eigenvalue weighted by Gasteiger charge is 1.94. The highest BCUT2D eigenvalue weighted by atomic mass is 14.0. The Bertz CT molecular complexity index is 520. The molecule has 0 aliphatic carbocycles. The molecule has 1 rings (SSSR count). The van der Waals surface area contributed by atoms with Crippen LogP contribution in [0.2, 0.25) is 0 Å². The first-order valence-corrected chi connectivity index (χ1v) is 8.37. The molecule has 0 saturated carbocycles. The van der Waals surface area contributed by atoms with E-state index < -0.39 is 0 Å². The predicted molar refractivity (Wildman–Crippen MR) is 110 cm³/mol. The number of hydrogen-bond acceptors (Lipinski definition) is 0. The minimum Gasteiger partial charge on any atom is -0.0991 e. The summed E-state index contributed by atoms with van der Waals surface area (Å²) in [6.07, 6.45) is 14.1. The van der Waals surface area contributed by atoms with Gasteiger partial charge in [-0.1, -0.05) is 98.4 Å². The van der Waals surface area contributed by atoms with Crippen LogP contribution in [0.3, 0.4) is 0 Å². The van der Waals surface area contributed by atoms with Crippen molar-refractivity contribution in [2.45, 2.75) is 48.5 Å². The summed E-state index contributed by atoms with van der Waals surface area (Å²) in [6, 6.07) is 8.53. The number of aryl methyl sites for hydroxylation is 1. The predicted octanol–water partition coefficient (Wildman–Crippen LogP) is 7.70. The molecular formula is C23H34. The second-order valence-electron chi connectivity index (χ2n) is 4.74. The van der Waals surface area contributed by atoms with Crippen LogP contribution < -0.4 is 0 Å². The molecule has 0 bridgehead atoms. The zero-order valence-corrected chi connectivity index (χ0v) is 16.1. The van der Waals surface area contributed by atoms with Crippen LogP contribution in [-0.4, -0.2) is 0 Å². The molecule has 0 amide bonds. The summed E-state index contributed by atoms with van der Waals surface area (Å²) in [5.74, 6) is 0. The molecule has 0 heterocycles. The summed E-state index contributed by atoms with van der Waals surface area (Å²) >= 11 is 0. The third kappa shape index (κ3) is 12.2. The van der Waals surface area contributed by atoms with Crippen LogP contribution in [0.5, 0.6) is 0 Å². The quantitative estimate of drug-likeness (QED) is 0.500. The van der Waals surface area contributed by atoms with E-state index in [1.807, 2.05) is 46.8 Å². The average Bonchev–Trinajstić information content (AvgIpc) is 2.59. The van der Waals surface area contributed by atoms with Crippen molar-refractivity contribution in [3.8, 4) is 0 Å². The molecule has 0 radical (unpaired) electrons. The van der Waals surface area contributed by atoms with Crippen molar-refractivity contribution >= 4 is 5.57 Å². The minimum atomic E-state index is 1.23. The van der Waals surface area contributed by atoms with Gasteiger partial charge in [0.05, 0.1) is 0 Å². The average molecular weight is 311 g/mol. The summed E-state index contributed by atoms with van der Waals surface area (Å²) in [4.78, 5) is 0. The first-order chi connectivity index (χ1) is 11.1. The molecule has 0 aromatic heterocycles. The van der Waals surface area contributed by atoms with Gasteiger partial charge in [-0.25, -0.2) is 0 Å². The standard InChI is InChI=1S/C14H16.C7H12.C2H6/c1-4-6-7-13(5-2)14-10-8-12(3)9-11-14;1-4-6-7(3)5-2;1-2/h4-11H,1H2,2-3H3;4-6H,1-3H3;1-2H3/b7-6-,13-5+;6-4-,7-5-;. The van der Waals surface area contributed by atoms with Gasteiger partial charge < -0.3 is 0 Å². The maximum atomic E-state index is 3.66. The van der Waals surface area contributed by atoms with Gasteiger partial charge in [0, 0.05) is 0 Å². The highest BCUT2D eigenvalue weighted by Crippen LogP contribution is 2.16. The van der Waals surface area contributed by atoms with Crippen molar-refractivity contribution in [3.63, 3.8) is 0 Å². The first kappa shape index (κ1) is 23.2. The maximum absolute atomic E-state index is 3.66. The molecule has 0 N–H and O–H groups in total. The molecule has 0 aliphatic rings. The Morgan fingerprint density at radius 2 is 1.48 bits per heavy atom. The molecule has 0 aliphatic heterocycles. The molecule has 1 aromatic carbocycles. The molecular weight excluding hydrogens is 276 g/mol. The smallest absolute Gasteiger partial charge is 0.0187 e. The number of allylic oxidation sites excluding steroid dienone is 9. The Labute approximate surface area is 144 Å². The van der Waals surface area contributed by atoms with E-state index in [0.29, 0.717) is 0 Å². The highest BCUT2D eigenvalue weighted by molar-refractivity contribution is 5.74. The molecule has 0 spiro atoms. The molecule has 0 heteroatoms. The fourth-order valence-corrected chi connectivity index (χ4v) is 1.64.